The molecule has 0 amide bonds. The van der Waals surface area contributed by atoms with Crippen molar-refractivity contribution in [1.82, 2.24) is 0 Å². The third-order valence-electron chi connectivity index (χ3n) is 10.0. The summed E-state index contributed by atoms with van der Waals surface area (Å²) in [5.41, 5.74) is 9.93. The Balaban J connectivity index is 1.08. The van der Waals surface area contributed by atoms with Crippen molar-refractivity contribution in [3.05, 3.63) is 188 Å². The third-order valence-corrected chi connectivity index (χ3v) is 10.0. The van der Waals surface area contributed by atoms with E-state index in [1.165, 1.54) is 60.0 Å². The summed E-state index contributed by atoms with van der Waals surface area (Å²) in [6, 6.07) is 67.6. The molecule has 234 valence electrons. The Morgan fingerprint density at radius 2 is 0.900 bits per heavy atom. The van der Waals surface area contributed by atoms with Gasteiger partial charge in [-0.25, -0.2) is 0 Å². The predicted octanol–water partition coefficient (Wildman–Crippen LogP) is 13.8. The van der Waals surface area contributed by atoms with Gasteiger partial charge in [0.05, 0.1) is 0 Å². The first-order valence-corrected chi connectivity index (χ1v) is 17.1. The zero-order valence-corrected chi connectivity index (χ0v) is 27.3. The monoisotopic (exact) mass is 637 g/mol. The van der Waals surface area contributed by atoms with Crippen molar-refractivity contribution in [2.75, 3.05) is 4.90 Å². The fraction of sp³-hybridized carbons (Fsp3) is 0. The molecule has 10 aromatic rings. The molecule has 0 N–H and O–H groups in total. The van der Waals surface area contributed by atoms with Crippen LogP contribution in [-0.4, -0.2) is 0 Å². The van der Waals surface area contributed by atoms with Crippen molar-refractivity contribution < 1.29 is 4.42 Å². The van der Waals surface area contributed by atoms with Crippen LogP contribution >= 0.6 is 0 Å². The Bertz CT molecular complexity index is 2870. The van der Waals surface area contributed by atoms with Gasteiger partial charge >= 0.3 is 0 Å². The van der Waals surface area contributed by atoms with E-state index in [9.17, 15) is 0 Å². The van der Waals surface area contributed by atoms with Crippen LogP contribution in [0.4, 0.5) is 17.1 Å². The maximum Gasteiger partial charge on any atom is 0.136 e. The van der Waals surface area contributed by atoms with Crippen molar-refractivity contribution in [3.63, 3.8) is 0 Å². The summed E-state index contributed by atoms with van der Waals surface area (Å²) in [6.07, 6.45) is 0. The normalized spacial score (nSPS) is 11.6. The van der Waals surface area contributed by atoms with Crippen LogP contribution in [-0.2, 0) is 0 Å². The van der Waals surface area contributed by atoms with Crippen LogP contribution in [0.15, 0.2) is 192 Å². The molecule has 0 atom stereocenters. The van der Waals surface area contributed by atoms with Gasteiger partial charge in [0.15, 0.2) is 0 Å². The zero-order chi connectivity index (χ0) is 33.0. The summed E-state index contributed by atoms with van der Waals surface area (Å²) in [4.78, 5) is 2.37. The van der Waals surface area contributed by atoms with Gasteiger partial charge in [0.25, 0.3) is 0 Å². The van der Waals surface area contributed by atoms with Gasteiger partial charge in [-0.2, -0.15) is 0 Å². The van der Waals surface area contributed by atoms with Crippen LogP contribution in [0.3, 0.4) is 0 Å². The fourth-order valence-corrected chi connectivity index (χ4v) is 7.58. The SMILES string of the molecule is c1ccc(-c2cccc(N(c3ccc(-c4ccc5c(ccc6oc7ccccc7c65)c4)cc3)c3ccc4c(ccc5ccccc54)c3)c2)cc1. The van der Waals surface area contributed by atoms with Crippen LogP contribution < -0.4 is 4.90 Å². The molecular formula is C48H31NO. The molecule has 2 nitrogen and oxygen atoms in total. The highest BCUT2D eigenvalue weighted by atomic mass is 16.3. The summed E-state index contributed by atoms with van der Waals surface area (Å²) in [5.74, 6) is 0. The zero-order valence-electron chi connectivity index (χ0n) is 27.3. The number of rotatable bonds is 5. The van der Waals surface area contributed by atoms with Gasteiger partial charge in [-0.05, 0) is 109 Å². The highest BCUT2D eigenvalue weighted by Gasteiger charge is 2.16. The summed E-state index contributed by atoms with van der Waals surface area (Å²) in [7, 11) is 0. The van der Waals surface area contributed by atoms with E-state index in [-0.39, 0.29) is 0 Å². The molecule has 0 spiro atoms. The standard InChI is InChI=1S/C48H31NO/c1-2-9-32(10-3-1)35-12-8-13-40(30-35)49(41-25-27-43-38(31-41)18-17-34-11-4-5-14-42(34)43)39-23-19-33(20-24-39)36-21-26-44-37(29-36)22-28-47-48(44)45-15-6-7-16-46(45)50-47/h1-31H. The van der Waals surface area contributed by atoms with Crippen molar-refractivity contribution >= 4 is 71.3 Å². The Kier molecular flexibility index (Phi) is 6.53. The number of fused-ring (bicyclic) bond motifs is 8. The number of hydrogen-bond donors (Lipinski definition) is 0. The molecule has 0 unspecified atom stereocenters. The number of hydrogen-bond acceptors (Lipinski definition) is 2. The molecule has 9 aromatic carbocycles. The molecule has 0 aliphatic carbocycles. The number of benzene rings is 9. The molecule has 1 heterocycles. The molecule has 2 heteroatoms. The molecule has 0 saturated heterocycles. The van der Waals surface area contributed by atoms with Gasteiger partial charge in [-0.3, -0.25) is 0 Å². The van der Waals surface area contributed by atoms with Crippen molar-refractivity contribution in [3.8, 4) is 22.3 Å². The quantitative estimate of drug-likeness (QED) is 0.175. The Morgan fingerprint density at radius 1 is 0.300 bits per heavy atom. The first kappa shape index (κ1) is 28.4. The van der Waals surface area contributed by atoms with E-state index in [0.717, 1.165) is 33.6 Å². The summed E-state index contributed by atoms with van der Waals surface area (Å²) >= 11 is 0. The topological polar surface area (TPSA) is 16.4 Å². The predicted molar refractivity (Wildman–Crippen MR) is 212 cm³/mol. The van der Waals surface area contributed by atoms with Crippen molar-refractivity contribution in [2.45, 2.75) is 0 Å². The molecular weight excluding hydrogens is 607 g/mol. The fourth-order valence-electron chi connectivity index (χ4n) is 7.58. The van der Waals surface area contributed by atoms with Crippen LogP contribution in [0.1, 0.15) is 0 Å². The molecule has 50 heavy (non-hydrogen) atoms. The van der Waals surface area contributed by atoms with Crippen molar-refractivity contribution in [2.24, 2.45) is 0 Å². The van der Waals surface area contributed by atoms with E-state index in [1.807, 2.05) is 12.1 Å². The minimum absolute atomic E-state index is 0.924. The number of furan rings is 1. The molecule has 0 bridgehead atoms. The van der Waals surface area contributed by atoms with Crippen LogP contribution in [0, 0.1) is 0 Å². The molecule has 0 aliphatic rings. The Hall–Kier alpha value is -6.64. The minimum Gasteiger partial charge on any atom is -0.456 e. The van der Waals surface area contributed by atoms with Crippen LogP contribution in [0.25, 0.3) is 76.5 Å². The van der Waals surface area contributed by atoms with Gasteiger partial charge in [-0.15, -0.1) is 0 Å². The number of anilines is 3. The minimum atomic E-state index is 0.924. The molecule has 0 radical (unpaired) electrons. The lowest BCUT2D eigenvalue weighted by Gasteiger charge is -2.27. The lowest BCUT2D eigenvalue weighted by atomic mass is 9.98. The van der Waals surface area contributed by atoms with Gasteiger partial charge in [0.2, 0.25) is 0 Å². The lowest BCUT2D eigenvalue weighted by molar-refractivity contribution is 0.669. The maximum absolute atomic E-state index is 6.15. The molecule has 0 aliphatic heterocycles. The second-order valence-electron chi connectivity index (χ2n) is 13.0. The largest absolute Gasteiger partial charge is 0.456 e. The molecule has 10 rings (SSSR count). The highest BCUT2D eigenvalue weighted by molar-refractivity contribution is 6.19. The summed E-state index contributed by atoms with van der Waals surface area (Å²) in [6.45, 7) is 0. The maximum atomic E-state index is 6.15. The van der Waals surface area contributed by atoms with Gasteiger partial charge in [0.1, 0.15) is 11.2 Å². The smallest absolute Gasteiger partial charge is 0.136 e. The molecule has 0 saturated carbocycles. The Morgan fingerprint density at radius 3 is 1.80 bits per heavy atom. The average Bonchev–Trinajstić information content (AvgIpc) is 3.58. The molecule has 1 aromatic heterocycles. The van der Waals surface area contributed by atoms with Gasteiger partial charge in [-0.1, -0.05) is 133 Å². The summed E-state index contributed by atoms with van der Waals surface area (Å²) in [5, 5.41) is 9.76. The van der Waals surface area contributed by atoms with E-state index in [1.54, 1.807) is 0 Å². The summed E-state index contributed by atoms with van der Waals surface area (Å²) < 4.78 is 6.15. The second-order valence-corrected chi connectivity index (χ2v) is 13.0. The average molecular weight is 638 g/mol. The van der Waals surface area contributed by atoms with E-state index < -0.39 is 0 Å². The van der Waals surface area contributed by atoms with E-state index >= 15 is 0 Å². The van der Waals surface area contributed by atoms with Gasteiger partial charge < -0.3 is 9.32 Å². The third kappa shape index (κ3) is 4.73. The highest BCUT2D eigenvalue weighted by Crippen LogP contribution is 2.40. The van der Waals surface area contributed by atoms with Gasteiger partial charge in [0, 0.05) is 27.8 Å². The van der Waals surface area contributed by atoms with Crippen LogP contribution in [0.2, 0.25) is 0 Å². The first-order chi connectivity index (χ1) is 24.8. The van der Waals surface area contributed by atoms with Crippen LogP contribution in [0.5, 0.6) is 0 Å². The Labute approximate surface area is 290 Å². The number of nitrogens with zero attached hydrogens (tertiary/aromatic N) is 1. The second kappa shape index (κ2) is 11.5. The molecule has 0 fully saturated rings. The van der Waals surface area contributed by atoms with E-state index in [4.69, 9.17) is 4.42 Å². The lowest BCUT2D eigenvalue weighted by Crippen LogP contribution is -2.10. The first-order valence-electron chi connectivity index (χ1n) is 17.1. The van der Waals surface area contributed by atoms with E-state index in [2.05, 4.69) is 181 Å². The number of para-hydroxylation sites is 1. The van der Waals surface area contributed by atoms with E-state index in [0.29, 0.717) is 0 Å². The van der Waals surface area contributed by atoms with Crippen molar-refractivity contribution in [1.29, 1.82) is 0 Å².